The number of hydrogen-bond donors (Lipinski definition) is 2. The maximum absolute atomic E-state index is 12.3. The molecule has 2 aromatic rings. The van der Waals surface area contributed by atoms with E-state index in [-0.39, 0.29) is 24.1 Å². The quantitative estimate of drug-likeness (QED) is 0.824. The van der Waals surface area contributed by atoms with Crippen LogP contribution in [-0.4, -0.2) is 27.9 Å². The van der Waals surface area contributed by atoms with Gasteiger partial charge in [-0.2, -0.15) is 5.10 Å². The molecule has 0 fully saturated rings. The van der Waals surface area contributed by atoms with E-state index in [1.54, 1.807) is 34.8 Å². The second-order valence-corrected chi connectivity index (χ2v) is 6.86. The van der Waals surface area contributed by atoms with Gasteiger partial charge in [0.15, 0.2) is 0 Å². The van der Waals surface area contributed by atoms with Crippen molar-refractivity contribution in [3.05, 3.63) is 35.9 Å². The molecule has 2 N–H and O–H groups in total. The number of aromatic nitrogens is 3. The highest BCUT2D eigenvalue weighted by atomic mass is 32.2. The zero-order chi connectivity index (χ0) is 15.6. The molecule has 7 nitrogen and oxygen atoms in total. The van der Waals surface area contributed by atoms with Crippen LogP contribution in [0.2, 0.25) is 0 Å². The number of nitrogens with one attached hydrogen (secondary N) is 1. The summed E-state index contributed by atoms with van der Waals surface area (Å²) < 4.78 is 30.5. The van der Waals surface area contributed by atoms with Crippen LogP contribution in [0.15, 0.2) is 29.4 Å². The lowest BCUT2D eigenvalue weighted by Gasteiger charge is -2.10. The predicted octanol–water partition coefficient (Wildman–Crippen LogP) is 0.773. The van der Waals surface area contributed by atoms with E-state index in [0.29, 0.717) is 5.69 Å². The molecule has 0 aliphatic heterocycles. The molecule has 0 unspecified atom stereocenters. The monoisotopic (exact) mass is 312 g/mol. The summed E-state index contributed by atoms with van der Waals surface area (Å²) >= 11 is 0. The number of rotatable bonds is 6. The summed E-state index contributed by atoms with van der Waals surface area (Å²) in [6.07, 6.45) is 3.16. The molecule has 0 aromatic carbocycles. The summed E-state index contributed by atoms with van der Waals surface area (Å²) in [7, 11) is -1.87. The summed E-state index contributed by atoms with van der Waals surface area (Å²) in [6.45, 7) is 3.83. The first-order valence-corrected chi connectivity index (χ1v) is 8.11. The Kier molecular flexibility index (Phi) is 4.50. The Bertz CT molecular complexity index is 716. The van der Waals surface area contributed by atoms with Gasteiger partial charge < -0.3 is 9.67 Å². The van der Waals surface area contributed by atoms with Crippen molar-refractivity contribution in [2.45, 2.75) is 37.9 Å². The first-order chi connectivity index (χ1) is 9.85. The van der Waals surface area contributed by atoms with Gasteiger partial charge >= 0.3 is 0 Å². The van der Waals surface area contributed by atoms with Gasteiger partial charge in [0.05, 0.1) is 23.7 Å². The average Bonchev–Trinajstić information content (AvgIpc) is 3.02. The average molecular weight is 312 g/mol. The molecule has 0 radical (unpaired) electrons. The molecule has 0 atom stereocenters. The second kappa shape index (κ2) is 6.00. The van der Waals surface area contributed by atoms with Gasteiger partial charge in [-0.05, 0) is 26.0 Å². The zero-order valence-corrected chi connectivity index (χ0v) is 13.1. The summed E-state index contributed by atoms with van der Waals surface area (Å²) in [4.78, 5) is 0.155. The Morgan fingerprint density at radius 3 is 2.57 bits per heavy atom. The van der Waals surface area contributed by atoms with Crippen molar-refractivity contribution in [1.29, 1.82) is 0 Å². The highest BCUT2D eigenvalue weighted by molar-refractivity contribution is 7.89. The number of aliphatic hydroxyl groups excluding tert-OH is 1. The standard InChI is InChI=1S/C13H20N4O3S/c1-10(2)17-8-13(6-12(17)9-18)21(19,20)15-7-11-4-5-14-16(11)3/h4-6,8,10,15,18H,7,9H2,1-3H3. The largest absolute Gasteiger partial charge is 0.390 e. The topological polar surface area (TPSA) is 89.2 Å². The zero-order valence-electron chi connectivity index (χ0n) is 12.3. The Hall–Kier alpha value is -1.64. The smallest absolute Gasteiger partial charge is 0.242 e. The summed E-state index contributed by atoms with van der Waals surface area (Å²) in [5.41, 5.74) is 1.34. The van der Waals surface area contributed by atoms with Crippen molar-refractivity contribution >= 4 is 10.0 Å². The van der Waals surface area contributed by atoms with Gasteiger partial charge in [-0.1, -0.05) is 0 Å². The lowest BCUT2D eigenvalue weighted by atomic mass is 10.3. The lowest BCUT2D eigenvalue weighted by molar-refractivity contribution is 0.268. The fraction of sp³-hybridized carbons (Fsp3) is 0.462. The van der Waals surface area contributed by atoms with Crippen LogP contribution in [0.1, 0.15) is 31.3 Å². The molecular weight excluding hydrogens is 292 g/mol. The van der Waals surface area contributed by atoms with E-state index in [9.17, 15) is 13.5 Å². The van der Waals surface area contributed by atoms with Crippen molar-refractivity contribution in [3.8, 4) is 0 Å². The third-order valence-corrected chi connectivity index (χ3v) is 4.67. The minimum Gasteiger partial charge on any atom is -0.390 e. The van der Waals surface area contributed by atoms with Crippen LogP contribution in [0.3, 0.4) is 0 Å². The van der Waals surface area contributed by atoms with Crippen LogP contribution in [0.4, 0.5) is 0 Å². The molecule has 0 aliphatic rings. The molecule has 2 rings (SSSR count). The third kappa shape index (κ3) is 3.34. The maximum Gasteiger partial charge on any atom is 0.242 e. The number of aliphatic hydroxyl groups is 1. The van der Waals surface area contributed by atoms with Gasteiger partial charge in [-0.25, -0.2) is 13.1 Å². The SMILES string of the molecule is CC(C)n1cc(S(=O)(=O)NCc2ccnn2C)cc1CO. The maximum atomic E-state index is 12.3. The van der Waals surface area contributed by atoms with E-state index in [2.05, 4.69) is 9.82 Å². The number of hydrogen-bond acceptors (Lipinski definition) is 4. The number of aryl methyl sites for hydroxylation is 1. The van der Waals surface area contributed by atoms with Crippen LogP contribution in [0.25, 0.3) is 0 Å². The van der Waals surface area contributed by atoms with E-state index < -0.39 is 10.0 Å². The molecule has 0 aliphatic carbocycles. The molecular formula is C13H20N4O3S. The van der Waals surface area contributed by atoms with Crippen LogP contribution in [-0.2, 0) is 30.2 Å². The second-order valence-electron chi connectivity index (χ2n) is 5.10. The number of nitrogens with zero attached hydrogens (tertiary/aromatic N) is 3. The van der Waals surface area contributed by atoms with Crippen LogP contribution >= 0.6 is 0 Å². The van der Waals surface area contributed by atoms with Gasteiger partial charge in [-0.3, -0.25) is 4.68 Å². The van der Waals surface area contributed by atoms with E-state index in [0.717, 1.165) is 5.69 Å². The van der Waals surface area contributed by atoms with Gasteiger partial charge in [-0.15, -0.1) is 0 Å². The van der Waals surface area contributed by atoms with Gasteiger partial charge in [0.25, 0.3) is 0 Å². The third-order valence-electron chi connectivity index (χ3n) is 3.30. The van der Waals surface area contributed by atoms with E-state index >= 15 is 0 Å². The fourth-order valence-electron chi connectivity index (χ4n) is 2.08. The van der Waals surface area contributed by atoms with Crippen molar-refractivity contribution in [2.75, 3.05) is 0 Å². The van der Waals surface area contributed by atoms with E-state index in [1.807, 2.05) is 13.8 Å². The van der Waals surface area contributed by atoms with Gasteiger partial charge in [0.1, 0.15) is 0 Å². The Balaban J connectivity index is 2.21. The molecule has 0 saturated carbocycles. The summed E-state index contributed by atoms with van der Waals surface area (Å²) in [5, 5.41) is 13.3. The Morgan fingerprint density at radius 2 is 2.10 bits per heavy atom. The lowest BCUT2D eigenvalue weighted by Crippen LogP contribution is -2.24. The summed E-state index contributed by atoms with van der Waals surface area (Å²) in [6, 6.07) is 3.32. The molecule has 2 aromatic heterocycles. The molecule has 0 saturated heterocycles. The van der Waals surface area contributed by atoms with Crippen molar-refractivity contribution in [3.63, 3.8) is 0 Å². The predicted molar refractivity (Wildman–Crippen MR) is 78.0 cm³/mol. The highest BCUT2D eigenvalue weighted by Gasteiger charge is 2.19. The number of sulfonamides is 1. The molecule has 116 valence electrons. The molecule has 0 bridgehead atoms. The minimum atomic E-state index is -3.62. The van der Waals surface area contributed by atoms with Crippen LogP contribution < -0.4 is 4.72 Å². The molecule has 8 heteroatoms. The van der Waals surface area contributed by atoms with Crippen molar-refractivity contribution < 1.29 is 13.5 Å². The molecule has 2 heterocycles. The fourth-order valence-corrected chi connectivity index (χ4v) is 3.13. The minimum absolute atomic E-state index is 0.0770. The van der Waals surface area contributed by atoms with Crippen LogP contribution in [0.5, 0.6) is 0 Å². The Labute approximate surface area is 124 Å². The van der Waals surface area contributed by atoms with E-state index in [4.69, 9.17) is 0 Å². The van der Waals surface area contributed by atoms with Crippen LogP contribution in [0, 0.1) is 0 Å². The normalized spacial score (nSPS) is 12.2. The molecule has 0 amide bonds. The van der Waals surface area contributed by atoms with Crippen molar-refractivity contribution in [2.24, 2.45) is 7.05 Å². The van der Waals surface area contributed by atoms with Gasteiger partial charge in [0, 0.05) is 31.2 Å². The molecule has 21 heavy (non-hydrogen) atoms. The summed E-state index contributed by atoms with van der Waals surface area (Å²) in [5.74, 6) is 0. The van der Waals surface area contributed by atoms with Crippen molar-refractivity contribution in [1.82, 2.24) is 19.1 Å². The molecule has 0 spiro atoms. The first kappa shape index (κ1) is 15.7. The highest BCUT2D eigenvalue weighted by Crippen LogP contribution is 2.19. The van der Waals surface area contributed by atoms with Gasteiger partial charge in [0.2, 0.25) is 10.0 Å². The Morgan fingerprint density at radius 1 is 1.38 bits per heavy atom. The van der Waals surface area contributed by atoms with E-state index in [1.165, 1.54) is 6.07 Å². The first-order valence-electron chi connectivity index (χ1n) is 6.63.